The molecular weight excluding hydrogens is 268 g/mol. The molecule has 2 rings (SSSR count). The Bertz CT molecular complexity index is 585. The average molecular weight is 296 g/mol. The van der Waals surface area contributed by atoms with E-state index in [0.29, 0.717) is 18.4 Å². The van der Waals surface area contributed by atoms with Gasteiger partial charge in [-0.1, -0.05) is 50.2 Å². The molecule has 0 radical (unpaired) electrons. The number of nitrogens with two attached hydrogens (primary N) is 1. The molecule has 2 heteroatoms. The second-order valence-electron chi connectivity index (χ2n) is 6.52. The zero-order valence-electron chi connectivity index (χ0n) is 14.2. The van der Waals surface area contributed by atoms with E-state index in [1.54, 1.807) is 0 Å². The number of nitrogens with zero attached hydrogens (tertiary/aromatic N) is 1. The first-order valence-corrected chi connectivity index (χ1v) is 8.07. The van der Waals surface area contributed by atoms with E-state index < -0.39 is 0 Å². The normalized spacial score (nSPS) is 12.5. The van der Waals surface area contributed by atoms with Crippen molar-refractivity contribution in [2.24, 2.45) is 5.73 Å². The lowest BCUT2D eigenvalue weighted by Crippen LogP contribution is -2.16. The Morgan fingerprint density at radius 2 is 1.64 bits per heavy atom. The van der Waals surface area contributed by atoms with Gasteiger partial charge in [0.15, 0.2) is 0 Å². The minimum absolute atomic E-state index is 0.366. The molecular formula is C20H28N2. The van der Waals surface area contributed by atoms with Crippen LogP contribution in [0.15, 0.2) is 48.5 Å². The molecule has 1 unspecified atom stereocenters. The molecule has 118 valence electrons. The van der Waals surface area contributed by atoms with Crippen LogP contribution in [0.2, 0.25) is 0 Å². The number of rotatable bonds is 6. The summed E-state index contributed by atoms with van der Waals surface area (Å²) in [5, 5.41) is 0. The van der Waals surface area contributed by atoms with Crippen LogP contribution in [0.3, 0.4) is 0 Å². The topological polar surface area (TPSA) is 29.3 Å². The van der Waals surface area contributed by atoms with Gasteiger partial charge in [0.05, 0.1) is 0 Å². The summed E-state index contributed by atoms with van der Waals surface area (Å²) >= 11 is 0. The van der Waals surface area contributed by atoms with Gasteiger partial charge in [-0.05, 0) is 47.7 Å². The largest absolute Gasteiger partial charge is 0.378 e. The predicted molar refractivity (Wildman–Crippen MR) is 96.8 cm³/mol. The van der Waals surface area contributed by atoms with Crippen molar-refractivity contribution in [3.05, 3.63) is 65.2 Å². The highest BCUT2D eigenvalue weighted by Gasteiger charge is 2.12. The van der Waals surface area contributed by atoms with Gasteiger partial charge in [0.25, 0.3) is 0 Å². The first kappa shape index (κ1) is 16.6. The van der Waals surface area contributed by atoms with Crippen LogP contribution >= 0.6 is 0 Å². The molecule has 22 heavy (non-hydrogen) atoms. The van der Waals surface area contributed by atoms with Crippen LogP contribution in [-0.2, 0) is 6.42 Å². The highest BCUT2D eigenvalue weighted by molar-refractivity contribution is 5.48. The van der Waals surface area contributed by atoms with Crippen molar-refractivity contribution in [2.45, 2.75) is 32.1 Å². The van der Waals surface area contributed by atoms with Crippen LogP contribution in [0, 0.1) is 0 Å². The number of benzene rings is 2. The second kappa shape index (κ2) is 7.46. The van der Waals surface area contributed by atoms with E-state index in [0.717, 1.165) is 6.42 Å². The van der Waals surface area contributed by atoms with Crippen molar-refractivity contribution in [3.63, 3.8) is 0 Å². The van der Waals surface area contributed by atoms with Gasteiger partial charge in [0.2, 0.25) is 0 Å². The van der Waals surface area contributed by atoms with E-state index >= 15 is 0 Å². The van der Waals surface area contributed by atoms with E-state index in [4.69, 9.17) is 5.73 Å². The van der Waals surface area contributed by atoms with Crippen LogP contribution in [0.5, 0.6) is 0 Å². The maximum Gasteiger partial charge on any atom is 0.0363 e. The zero-order chi connectivity index (χ0) is 16.1. The molecule has 0 aliphatic carbocycles. The average Bonchev–Trinajstić information content (AvgIpc) is 2.53. The highest BCUT2D eigenvalue weighted by Crippen LogP contribution is 2.24. The lowest BCUT2D eigenvalue weighted by molar-refractivity contribution is 0.693. The molecule has 0 aliphatic heterocycles. The maximum atomic E-state index is 6.04. The monoisotopic (exact) mass is 296 g/mol. The van der Waals surface area contributed by atoms with Gasteiger partial charge in [0.1, 0.15) is 0 Å². The third-order valence-electron chi connectivity index (χ3n) is 4.27. The lowest BCUT2D eigenvalue weighted by atomic mass is 9.90. The molecule has 0 spiro atoms. The molecule has 0 amide bonds. The predicted octanol–water partition coefficient (Wildman–Crippen LogP) is 4.16. The summed E-state index contributed by atoms with van der Waals surface area (Å²) in [6.45, 7) is 5.12. The van der Waals surface area contributed by atoms with Crippen molar-refractivity contribution in [1.29, 1.82) is 0 Å². The van der Waals surface area contributed by atoms with Crippen molar-refractivity contribution in [3.8, 4) is 0 Å². The second-order valence-corrected chi connectivity index (χ2v) is 6.52. The van der Waals surface area contributed by atoms with E-state index in [-0.39, 0.29) is 0 Å². The number of anilines is 1. The highest BCUT2D eigenvalue weighted by atomic mass is 15.1. The standard InChI is InChI=1S/C20H28N2/c1-15(2)17-10-8-16(9-11-17)12-19(14-21)18-6-5-7-20(13-18)22(3)4/h5-11,13,15,19H,12,14,21H2,1-4H3. The Balaban J connectivity index is 2.16. The van der Waals surface area contributed by atoms with Crippen molar-refractivity contribution < 1.29 is 0 Å². The van der Waals surface area contributed by atoms with Crippen molar-refractivity contribution in [2.75, 3.05) is 25.5 Å². The smallest absolute Gasteiger partial charge is 0.0363 e. The van der Waals surface area contributed by atoms with Gasteiger partial charge in [-0.3, -0.25) is 0 Å². The molecule has 0 heterocycles. The van der Waals surface area contributed by atoms with Gasteiger partial charge in [-0.25, -0.2) is 0 Å². The number of hydrogen-bond acceptors (Lipinski definition) is 2. The fourth-order valence-electron chi connectivity index (χ4n) is 2.72. The van der Waals surface area contributed by atoms with Gasteiger partial charge >= 0.3 is 0 Å². The van der Waals surface area contributed by atoms with E-state index in [2.05, 4.69) is 81.4 Å². The molecule has 1 atom stereocenters. The lowest BCUT2D eigenvalue weighted by Gasteiger charge is -2.19. The summed E-state index contributed by atoms with van der Waals surface area (Å²) < 4.78 is 0. The first-order valence-electron chi connectivity index (χ1n) is 8.07. The molecule has 0 bridgehead atoms. The molecule has 0 saturated carbocycles. The molecule has 2 aromatic carbocycles. The van der Waals surface area contributed by atoms with E-state index in [1.807, 2.05) is 0 Å². The summed E-state index contributed by atoms with van der Waals surface area (Å²) in [5.74, 6) is 0.945. The van der Waals surface area contributed by atoms with Crippen LogP contribution in [0.1, 0.15) is 42.4 Å². The maximum absolute atomic E-state index is 6.04. The molecule has 0 aromatic heterocycles. The van der Waals surface area contributed by atoms with Gasteiger partial charge in [-0.2, -0.15) is 0 Å². The number of hydrogen-bond donors (Lipinski definition) is 1. The van der Waals surface area contributed by atoms with E-state index in [9.17, 15) is 0 Å². The summed E-state index contributed by atoms with van der Waals surface area (Å²) in [5.41, 5.74) is 11.3. The van der Waals surface area contributed by atoms with E-state index in [1.165, 1.54) is 22.4 Å². The van der Waals surface area contributed by atoms with Gasteiger partial charge in [0, 0.05) is 25.7 Å². The van der Waals surface area contributed by atoms with Crippen molar-refractivity contribution in [1.82, 2.24) is 0 Å². The van der Waals surface area contributed by atoms with Gasteiger partial charge < -0.3 is 10.6 Å². The Hall–Kier alpha value is -1.80. The first-order chi connectivity index (χ1) is 10.5. The molecule has 0 fully saturated rings. The van der Waals surface area contributed by atoms with Crippen molar-refractivity contribution >= 4 is 5.69 Å². The summed E-state index contributed by atoms with van der Waals surface area (Å²) in [6.07, 6.45) is 0.992. The zero-order valence-corrected chi connectivity index (χ0v) is 14.2. The summed E-state index contributed by atoms with van der Waals surface area (Å²) in [6, 6.07) is 17.7. The fourth-order valence-corrected chi connectivity index (χ4v) is 2.72. The molecule has 0 saturated heterocycles. The van der Waals surface area contributed by atoms with Crippen LogP contribution < -0.4 is 10.6 Å². The van der Waals surface area contributed by atoms with Gasteiger partial charge in [-0.15, -0.1) is 0 Å². The SMILES string of the molecule is CC(C)c1ccc(CC(CN)c2cccc(N(C)C)c2)cc1. The third kappa shape index (κ3) is 4.11. The minimum atomic E-state index is 0.366. The molecule has 2 nitrogen and oxygen atoms in total. The Labute approximate surface area is 135 Å². The Kier molecular flexibility index (Phi) is 5.62. The quantitative estimate of drug-likeness (QED) is 0.867. The Morgan fingerprint density at radius 3 is 2.18 bits per heavy atom. The van der Waals surface area contributed by atoms with Crippen LogP contribution in [0.4, 0.5) is 5.69 Å². The molecule has 0 aliphatic rings. The summed E-state index contributed by atoms with van der Waals surface area (Å²) in [4.78, 5) is 2.13. The minimum Gasteiger partial charge on any atom is -0.378 e. The van der Waals surface area contributed by atoms with Crippen LogP contribution in [0.25, 0.3) is 0 Å². The fraction of sp³-hybridized carbons (Fsp3) is 0.400. The summed E-state index contributed by atoms with van der Waals surface area (Å²) in [7, 11) is 4.14. The molecule has 2 N–H and O–H groups in total. The Morgan fingerprint density at radius 1 is 0.955 bits per heavy atom. The third-order valence-corrected chi connectivity index (χ3v) is 4.27. The molecule has 2 aromatic rings. The van der Waals surface area contributed by atoms with Crippen LogP contribution in [-0.4, -0.2) is 20.6 Å².